The number of aliphatic imine (C=N–C) groups is 1. The van der Waals surface area contributed by atoms with Gasteiger partial charge in [0.1, 0.15) is 11.8 Å². The van der Waals surface area contributed by atoms with Gasteiger partial charge in [-0.1, -0.05) is 25.1 Å². The van der Waals surface area contributed by atoms with Crippen LogP contribution in [0.1, 0.15) is 35.7 Å². The normalized spacial score (nSPS) is 13.5. The lowest BCUT2D eigenvalue weighted by Gasteiger charge is -2.15. The van der Waals surface area contributed by atoms with Crippen LogP contribution in [0.4, 0.5) is 24.5 Å². The third kappa shape index (κ3) is 4.23. The van der Waals surface area contributed by atoms with Gasteiger partial charge >= 0.3 is 6.18 Å². The molecule has 0 bridgehead atoms. The summed E-state index contributed by atoms with van der Waals surface area (Å²) in [5.41, 5.74) is 2.64. The number of rotatable bonds is 3. The number of amides is 1. The van der Waals surface area contributed by atoms with Gasteiger partial charge in [0.15, 0.2) is 0 Å². The van der Waals surface area contributed by atoms with Crippen molar-refractivity contribution < 1.29 is 18.0 Å². The zero-order chi connectivity index (χ0) is 22.9. The molecule has 2 heterocycles. The number of nitrogens with zero attached hydrogens (tertiary/aromatic N) is 3. The molecule has 0 fully saturated rings. The van der Waals surface area contributed by atoms with Crippen LogP contribution < -0.4 is 5.32 Å². The highest BCUT2D eigenvalue weighted by Crippen LogP contribution is 2.39. The van der Waals surface area contributed by atoms with Crippen molar-refractivity contribution in [3.8, 4) is 17.2 Å². The second kappa shape index (κ2) is 8.27. The number of carbonyl (C=O) groups excluding carboxylic acids is 1. The molecule has 1 aliphatic heterocycles. The van der Waals surface area contributed by atoms with Crippen molar-refractivity contribution in [2.75, 3.05) is 5.32 Å². The minimum Gasteiger partial charge on any atom is -0.324 e. The third-order valence-electron chi connectivity index (χ3n) is 5.17. The van der Waals surface area contributed by atoms with Crippen molar-refractivity contribution in [2.45, 2.75) is 25.9 Å². The van der Waals surface area contributed by atoms with Gasteiger partial charge < -0.3 is 5.32 Å². The maximum Gasteiger partial charge on any atom is 0.416 e. The van der Waals surface area contributed by atoms with E-state index in [1.807, 2.05) is 18.2 Å². The summed E-state index contributed by atoms with van der Waals surface area (Å²) >= 11 is 0. The molecular formula is C24H17F3N4O. The highest BCUT2D eigenvalue weighted by atomic mass is 19.4. The summed E-state index contributed by atoms with van der Waals surface area (Å²) in [6.45, 7) is 1.64. The number of pyridine rings is 1. The van der Waals surface area contributed by atoms with E-state index < -0.39 is 17.6 Å². The minimum absolute atomic E-state index is 0.0403. The van der Waals surface area contributed by atoms with Gasteiger partial charge in [0, 0.05) is 6.20 Å². The van der Waals surface area contributed by atoms with Crippen molar-refractivity contribution in [1.29, 1.82) is 5.26 Å². The number of benzene rings is 2. The molecule has 0 saturated carbocycles. The molecule has 1 aromatic heterocycles. The average Bonchev–Trinajstić information content (AvgIpc) is 2.95. The average molecular weight is 434 g/mol. The monoisotopic (exact) mass is 434 g/mol. The molecule has 1 aliphatic rings. The van der Waals surface area contributed by atoms with Crippen LogP contribution in [0.25, 0.3) is 11.1 Å². The van der Waals surface area contributed by atoms with Gasteiger partial charge in [-0.3, -0.25) is 9.79 Å². The summed E-state index contributed by atoms with van der Waals surface area (Å²) in [5, 5.41) is 11.6. The van der Waals surface area contributed by atoms with Crippen molar-refractivity contribution >= 4 is 23.0 Å². The number of hydrogen-bond acceptors (Lipinski definition) is 4. The van der Waals surface area contributed by atoms with Gasteiger partial charge in [0.2, 0.25) is 5.91 Å². The predicted octanol–water partition coefficient (Wildman–Crippen LogP) is 5.66. The number of alkyl halides is 3. The van der Waals surface area contributed by atoms with Crippen molar-refractivity contribution in [3.05, 3.63) is 77.1 Å². The van der Waals surface area contributed by atoms with E-state index in [1.165, 1.54) is 12.3 Å². The summed E-state index contributed by atoms with van der Waals surface area (Å²) in [6, 6.07) is 15.0. The van der Waals surface area contributed by atoms with Gasteiger partial charge in [-0.05, 0) is 59.0 Å². The van der Waals surface area contributed by atoms with E-state index in [2.05, 4.69) is 15.3 Å². The van der Waals surface area contributed by atoms with Crippen LogP contribution in [0, 0.1) is 11.3 Å². The smallest absolute Gasteiger partial charge is 0.324 e. The van der Waals surface area contributed by atoms with Gasteiger partial charge in [-0.2, -0.15) is 18.4 Å². The SMILES string of the molecule is CCc1cc2c(cc1C(F)(F)F)NC(=O)CC(c1cccc(-c3ccnc(C#N)c3)c1)=N2. The van der Waals surface area contributed by atoms with Crippen LogP contribution in [-0.4, -0.2) is 16.6 Å². The van der Waals surface area contributed by atoms with Gasteiger partial charge in [-0.25, -0.2) is 4.98 Å². The number of aromatic nitrogens is 1. The van der Waals surface area contributed by atoms with Crippen LogP contribution >= 0.6 is 0 Å². The largest absolute Gasteiger partial charge is 0.416 e. The van der Waals surface area contributed by atoms with Crippen LogP contribution in [0.5, 0.6) is 0 Å². The standard InChI is InChI=1S/C24H17F3N4O/c1-2-14-10-21-22(11-19(14)24(25,26)27)31-23(32)12-20(30-21)17-5-3-4-15(8-17)16-6-7-29-18(9-16)13-28/h3-11H,2,12H2,1H3,(H,31,32). The van der Waals surface area contributed by atoms with Crippen LogP contribution in [0.3, 0.4) is 0 Å². The fraction of sp³-hybridized carbons (Fsp3) is 0.167. The summed E-state index contributed by atoms with van der Waals surface area (Å²) in [6.07, 6.45) is -2.89. The third-order valence-corrected chi connectivity index (χ3v) is 5.17. The van der Waals surface area contributed by atoms with Crippen molar-refractivity contribution in [3.63, 3.8) is 0 Å². The Morgan fingerprint density at radius 1 is 1.09 bits per heavy atom. The molecular weight excluding hydrogens is 417 g/mol. The Morgan fingerprint density at radius 2 is 1.84 bits per heavy atom. The van der Waals surface area contributed by atoms with E-state index in [0.717, 1.165) is 17.2 Å². The molecule has 3 aromatic rings. The quantitative estimate of drug-likeness (QED) is 0.577. The summed E-state index contributed by atoms with van der Waals surface area (Å²) in [5.74, 6) is -0.444. The minimum atomic E-state index is -4.52. The Kier molecular flexibility index (Phi) is 5.49. The number of nitrogens with one attached hydrogen (secondary N) is 1. The summed E-state index contributed by atoms with van der Waals surface area (Å²) in [7, 11) is 0. The fourth-order valence-electron chi connectivity index (χ4n) is 3.63. The number of halogens is 3. The molecule has 4 rings (SSSR count). The molecule has 1 amide bonds. The molecule has 2 aromatic carbocycles. The molecule has 8 heteroatoms. The van der Waals surface area contributed by atoms with Crippen molar-refractivity contribution in [2.24, 2.45) is 4.99 Å². The van der Waals surface area contributed by atoms with E-state index in [-0.39, 0.29) is 35.5 Å². The Hall–Kier alpha value is -3.99. The number of anilines is 1. The maximum absolute atomic E-state index is 13.4. The molecule has 160 valence electrons. The first-order valence-corrected chi connectivity index (χ1v) is 9.87. The Bertz CT molecular complexity index is 1290. The molecule has 0 saturated heterocycles. The topological polar surface area (TPSA) is 78.1 Å². The number of aryl methyl sites for hydroxylation is 1. The molecule has 0 unspecified atom stereocenters. The Morgan fingerprint density at radius 3 is 2.56 bits per heavy atom. The molecule has 0 aliphatic carbocycles. The first-order chi connectivity index (χ1) is 15.3. The van der Waals surface area contributed by atoms with E-state index >= 15 is 0 Å². The second-order valence-electron chi connectivity index (χ2n) is 7.28. The lowest BCUT2D eigenvalue weighted by atomic mass is 9.99. The van der Waals surface area contributed by atoms with E-state index in [1.54, 1.807) is 31.2 Å². The number of carbonyl (C=O) groups is 1. The highest BCUT2D eigenvalue weighted by molar-refractivity contribution is 6.17. The Balaban J connectivity index is 1.81. The summed E-state index contributed by atoms with van der Waals surface area (Å²) in [4.78, 5) is 21.0. The maximum atomic E-state index is 13.4. The highest BCUT2D eigenvalue weighted by Gasteiger charge is 2.34. The van der Waals surface area contributed by atoms with Gasteiger partial charge in [0.25, 0.3) is 0 Å². The first-order valence-electron chi connectivity index (χ1n) is 9.87. The second-order valence-corrected chi connectivity index (χ2v) is 7.28. The zero-order valence-electron chi connectivity index (χ0n) is 17.0. The number of fused-ring (bicyclic) bond motifs is 1. The van der Waals surface area contributed by atoms with Gasteiger partial charge in [-0.15, -0.1) is 0 Å². The Labute approximate surface area is 182 Å². The van der Waals surface area contributed by atoms with Crippen LogP contribution in [0.2, 0.25) is 0 Å². The molecule has 0 atom stereocenters. The van der Waals surface area contributed by atoms with Gasteiger partial charge in [0.05, 0.1) is 29.1 Å². The first kappa shape index (κ1) is 21.2. The fourth-order valence-corrected chi connectivity index (χ4v) is 3.63. The number of hydrogen-bond donors (Lipinski definition) is 1. The van der Waals surface area contributed by atoms with Crippen molar-refractivity contribution in [1.82, 2.24) is 4.98 Å². The van der Waals surface area contributed by atoms with E-state index in [9.17, 15) is 18.0 Å². The van der Waals surface area contributed by atoms with E-state index in [0.29, 0.717) is 11.3 Å². The van der Waals surface area contributed by atoms with Crippen LogP contribution in [-0.2, 0) is 17.4 Å². The van der Waals surface area contributed by atoms with E-state index in [4.69, 9.17) is 5.26 Å². The molecule has 0 spiro atoms. The van der Waals surface area contributed by atoms with Crippen LogP contribution in [0.15, 0.2) is 59.7 Å². The molecule has 1 N–H and O–H groups in total. The zero-order valence-corrected chi connectivity index (χ0v) is 17.0. The summed E-state index contributed by atoms with van der Waals surface area (Å²) < 4.78 is 40.3. The predicted molar refractivity (Wildman–Crippen MR) is 115 cm³/mol. The molecule has 32 heavy (non-hydrogen) atoms. The molecule has 5 nitrogen and oxygen atoms in total. The molecule has 0 radical (unpaired) electrons. The lowest BCUT2D eigenvalue weighted by molar-refractivity contribution is -0.138. The lowest BCUT2D eigenvalue weighted by Crippen LogP contribution is -2.16. The number of nitriles is 1.